The highest BCUT2D eigenvalue weighted by Crippen LogP contribution is 2.13. The lowest BCUT2D eigenvalue weighted by Crippen LogP contribution is -2.54. The molecule has 0 spiro atoms. The number of urea groups is 1. The first-order valence-electron chi connectivity index (χ1n) is 7.81. The minimum absolute atomic E-state index is 0.178. The largest absolute Gasteiger partial charge is 0.378 e. The van der Waals surface area contributed by atoms with Gasteiger partial charge in [0.15, 0.2) is 0 Å². The molecule has 2 fully saturated rings. The Labute approximate surface area is 145 Å². The second-order valence-corrected chi connectivity index (χ2v) is 7.02. The number of nitrogens with zero attached hydrogens (tertiary/aromatic N) is 3. The van der Waals surface area contributed by atoms with Gasteiger partial charge in [-0.3, -0.25) is 4.90 Å². The average Bonchev–Trinajstić information content (AvgIpc) is 2.56. The number of piperazine rings is 1. The molecule has 0 radical (unpaired) electrons. The van der Waals surface area contributed by atoms with Gasteiger partial charge in [0, 0.05) is 49.4 Å². The average molecular weight is 415 g/mol. The molecule has 0 aromatic heterocycles. The van der Waals surface area contributed by atoms with Crippen LogP contribution in [0.2, 0.25) is 0 Å². The predicted octanol–water partition coefficient (Wildman–Crippen LogP) is 1.86. The molecular weight excluding hydrogens is 393 g/mol. The number of hydrogen-bond donors (Lipinski definition) is 0. The van der Waals surface area contributed by atoms with Gasteiger partial charge >= 0.3 is 6.03 Å². The lowest BCUT2D eigenvalue weighted by atomic mass is 10.2. The summed E-state index contributed by atoms with van der Waals surface area (Å²) in [5.41, 5.74) is 1.35. The number of carbonyl (C=O) groups excluding carboxylic acids is 1. The molecule has 6 heteroatoms. The van der Waals surface area contributed by atoms with Gasteiger partial charge in [-0.15, -0.1) is 0 Å². The zero-order valence-corrected chi connectivity index (χ0v) is 14.9. The van der Waals surface area contributed by atoms with E-state index in [4.69, 9.17) is 4.74 Å². The van der Waals surface area contributed by atoms with E-state index in [0.29, 0.717) is 13.2 Å². The van der Waals surface area contributed by atoms with Crippen molar-refractivity contribution in [1.29, 1.82) is 0 Å². The first kappa shape index (κ1) is 16.0. The fraction of sp³-hybridized carbons (Fsp3) is 0.562. The molecule has 2 heterocycles. The Kier molecular flexibility index (Phi) is 5.54. The van der Waals surface area contributed by atoms with E-state index in [1.165, 1.54) is 9.13 Å². The van der Waals surface area contributed by atoms with Crippen LogP contribution in [0.15, 0.2) is 24.3 Å². The summed E-state index contributed by atoms with van der Waals surface area (Å²) in [6.45, 7) is 7.28. The number of carbonyl (C=O) groups is 1. The van der Waals surface area contributed by atoms with Gasteiger partial charge in [0.25, 0.3) is 0 Å². The van der Waals surface area contributed by atoms with Crippen LogP contribution in [0.4, 0.5) is 4.79 Å². The maximum atomic E-state index is 12.4. The summed E-state index contributed by atoms with van der Waals surface area (Å²) in [6.07, 6.45) is 0. The minimum Gasteiger partial charge on any atom is -0.378 e. The Bertz CT molecular complexity index is 512. The van der Waals surface area contributed by atoms with Gasteiger partial charge in [0.1, 0.15) is 0 Å². The monoisotopic (exact) mass is 415 g/mol. The lowest BCUT2D eigenvalue weighted by Gasteiger charge is -2.38. The second kappa shape index (κ2) is 7.61. The van der Waals surface area contributed by atoms with Crippen molar-refractivity contribution in [2.24, 2.45) is 0 Å². The topological polar surface area (TPSA) is 36.0 Å². The smallest absolute Gasteiger partial charge is 0.320 e. The fourth-order valence-electron chi connectivity index (χ4n) is 2.95. The Morgan fingerprint density at radius 3 is 2.41 bits per heavy atom. The van der Waals surface area contributed by atoms with Gasteiger partial charge in [0.2, 0.25) is 0 Å². The highest BCUT2D eigenvalue weighted by molar-refractivity contribution is 14.1. The van der Waals surface area contributed by atoms with Gasteiger partial charge in [-0.25, -0.2) is 4.79 Å². The van der Waals surface area contributed by atoms with Crippen molar-refractivity contribution in [3.8, 4) is 0 Å². The highest BCUT2D eigenvalue weighted by atomic mass is 127. The van der Waals surface area contributed by atoms with E-state index in [9.17, 15) is 4.79 Å². The van der Waals surface area contributed by atoms with Crippen LogP contribution in [0.1, 0.15) is 5.56 Å². The van der Waals surface area contributed by atoms with Crippen LogP contribution in [-0.4, -0.2) is 73.2 Å². The van der Waals surface area contributed by atoms with Crippen molar-refractivity contribution in [2.75, 3.05) is 52.5 Å². The zero-order chi connectivity index (χ0) is 15.4. The summed E-state index contributed by atoms with van der Waals surface area (Å²) in [5.74, 6) is 0. The van der Waals surface area contributed by atoms with Gasteiger partial charge in [-0.2, -0.15) is 0 Å². The van der Waals surface area contributed by atoms with Crippen LogP contribution < -0.4 is 0 Å². The third-order valence-corrected chi connectivity index (χ3v) is 4.89. The SMILES string of the molecule is O=C(N1CCOCC1)N1CCN(Cc2cccc(I)c2)CC1. The van der Waals surface area contributed by atoms with Crippen molar-refractivity contribution in [1.82, 2.24) is 14.7 Å². The molecule has 0 N–H and O–H groups in total. The molecule has 120 valence electrons. The van der Waals surface area contributed by atoms with Crippen molar-refractivity contribution in [2.45, 2.75) is 6.54 Å². The van der Waals surface area contributed by atoms with Crippen LogP contribution in [0.5, 0.6) is 0 Å². The predicted molar refractivity (Wildman–Crippen MR) is 93.8 cm³/mol. The third-order valence-electron chi connectivity index (χ3n) is 4.22. The van der Waals surface area contributed by atoms with Gasteiger partial charge < -0.3 is 14.5 Å². The second-order valence-electron chi connectivity index (χ2n) is 5.78. The molecule has 3 rings (SSSR count). The normalized spacial score (nSPS) is 20.2. The minimum atomic E-state index is 0.178. The first-order valence-corrected chi connectivity index (χ1v) is 8.88. The molecule has 2 amide bonds. The lowest BCUT2D eigenvalue weighted by molar-refractivity contribution is 0.0373. The highest BCUT2D eigenvalue weighted by Gasteiger charge is 2.26. The molecule has 0 atom stereocenters. The third kappa shape index (κ3) is 4.11. The van der Waals surface area contributed by atoms with Crippen LogP contribution in [0.25, 0.3) is 0 Å². The van der Waals surface area contributed by atoms with Crippen LogP contribution in [-0.2, 0) is 11.3 Å². The molecule has 0 unspecified atom stereocenters. The Hall–Kier alpha value is -0.860. The summed E-state index contributed by atoms with van der Waals surface area (Å²) in [5, 5.41) is 0. The molecule has 2 saturated heterocycles. The summed E-state index contributed by atoms with van der Waals surface area (Å²) in [7, 11) is 0. The van der Waals surface area contributed by atoms with Crippen molar-refractivity contribution >= 4 is 28.6 Å². The molecule has 2 aliphatic rings. The van der Waals surface area contributed by atoms with E-state index >= 15 is 0 Å². The number of halogens is 1. The Balaban J connectivity index is 1.48. The molecule has 5 nitrogen and oxygen atoms in total. The van der Waals surface area contributed by atoms with Crippen LogP contribution in [0.3, 0.4) is 0 Å². The number of morpholine rings is 1. The fourth-order valence-corrected chi connectivity index (χ4v) is 3.55. The molecule has 22 heavy (non-hydrogen) atoms. The van der Waals surface area contributed by atoms with Crippen LogP contribution >= 0.6 is 22.6 Å². The first-order chi connectivity index (χ1) is 10.7. The van der Waals surface area contributed by atoms with Crippen molar-refractivity contribution in [3.63, 3.8) is 0 Å². The molecular formula is C16H22IN3O2. The van der Waals surface area contributed by atoms with Crippen molar-refractivity contribution < 1.29 is 9.53 Å². The van der Waals surface area contributed by atoms with E-state index < -0.39 is 0 Å². The molecule has 1 aromatic carbocycles. The summed E-state index contributed by atoms with van der Waals surface area (Å²) in [4.78, 5) is 18.8. The molecule has 1 aromatic rings. The quantitative estimate of drug-likeness (QED) is 0.693. The summed E-state index contributed by atoms with van der Waals surface area (Å²) >= 11 is 2.35. The maximum Gasteiger partial charge on any atom is 0.320 e. The number of ether oxygens (including phenoxy) is 1. The standard InChI is InChI=1S/C16H22IN3O2/c17-15-3-1-2-14(12-15)13-18-4-6-19(7-5-18)16(21)20-8-10-22-11-9-20/h1-3,12H,4-11,13H2. The van der Waals surface area contributed by atoms with E-state index in [-0.39, 0.29) is 6.03 Å². The van der Waals surface area contributed by atoms with Crippen molar-refractivity contribution in [3.05, 3.63) is 33.4 Å². The van der Waals surface area contributed by atoms with E-state index in [0.717, 1.165) is 45.8 Å². The Morgan fingerprint density at radius 2 is 1.73 bits per heavy atom. The number of amides is 2. The molecule has 0 aliphatic carbocycles. The molecule has 0 saturated carbocycles. The van der Waals surface area contributed by atoms with Gasteiger partial charge in [-0.05, 0) is 40.3 Å². The zero-order valence-electron chi connectivity index (χ0n) is 12.7. The molecule has 0 bridgehead atoms. The van der Waals surface area contributed by atoms with E-state index in [2.05, 4.69) is 51.8 Å². The van der Waals surface area contributed by atoms with Crippen LogP contribution in [0, 0.1) is 3.57 Å². The Morgan fingerprint density at radius 1 is 1.05 bits per heavy atom. The van der Waals surface area contributed by atoms with E-state index in [1.54, 1.807) is 0 Å². The van der Waals surface area contributed by atoms with E-state index in [1.807, 2.05) is 9.80 Å². The summed E-state index contributed by atoms with van der Waals surface area (Å²) < 4.78 is 6.58. The number of benzene rings is 1. The maximum absolute atomic E-state index is 12.4. The van der Waals surface area contributed by atoms with Gasteiger partial charge in [0.05, 0.1) is 13.2 Å². The number of rotatable bonds is 2. The number of hydrogen-bond acceptors (Lipinski definition) is 3. The molecule has 2 aliphatic heterocycles. The summed E-state index contributed by atoms with van der Waals surface area (Å²) in [6, 6.07) is 8.80. The van der Waals surface area contributed by atoms with Gasteiger partial charge in [-0.1, -0.05) is 12.1 Å².